The van der Waals surface area contributed by atoms with Gasteiger partial charge in [0.15, 0.2) is 0 Å². The average Bonchev–Trinajstić information content (AvgIpc) is 3.43. The molecule has 0 atom stereocenters. The number of hydrogen-bond acceptors (Lipinski definition) is 5. The molecule has 5 aromatic rings. The Balaban J connectivity index is 1.59. The zero-order chi connectivity index (χ0) is 20.9. The molecule has 0 saturated heterocycles. The fourth-order valence-electron chi connectivity index (χ4n) is 3.41. The second-order valence-corrected chi connectivity index (χ2v) is 9.24. The van der Waals surface area contributed by atoms with Crippen LogP contribution in [-0.2, 0) is 4.74 Å². The Hall–Kier alpha value is -3.45. The first-order valence-electron chi connectivity index (χ1n) is 9.62. The van der Waals surface area contributed by atoms with Gasteiger partial charge in [-0.15, -0.1) is 11.3 Å². The maximum atomic E-state index is 12.3. The molecule has 0 amide bonds. The van der Waals surface area contributed by atoms with E-state index in [2.05, 4.69) is 45.6 Å². The van der Waals surface area contributed by atoms with Gasteiger partial charge in [0.25, 0.3) is 0 Å². The summed E-state index contributed by atoms with van der Waals surface area (Å²) < 4.78 is 7.88. The fraction of sp³-hybridized carbons (Fsp3) is 0.174. The zero-order valence-electron chi connectivity index (χ0n) is 16.8. The third-order valence-corrected chi connectivity index (χ3v) is 5.89. The zero-order valence-corrected chi connectivity index (χ0v) is 17.7. The van der Waals surface area contributed by atoms with Crippen LogP contribution in [-0.4, -0.2) is 31.7 Å². The maximum absolute atomic E-state index is 12.3. The van der Waals surface area contributed by atoms with Gasteiger partial charge in [-0.05, 0) is 56.0 Å². The molecule has 7 heteroatoms. The summed E-state index contributed by atoms with van der Waals surface area (Å²) in [6.45, 7) is 5.50. The molecule has 150 valence electrons. The first-order chi connectivity index (χ1) is 14.4. The number of carbonyl (C=O) groups excluding carboxylic acids is 1. The van der Waals surface area contributed by atoms with Gasteiger partial charge >= 0.3 is 6.09 Å². The normalized spacial score (nSPS) is 12.0. The van der Waals surface area contributed by atoms with Crippen LogP contribution in [0.2, 0.25) is 0 Å². The molecule has 0 radical (unpaired) electrons. The van der Waals surface area contributed by atoms with Crippen LogP contribution in [0.15, 0.2) is 61.1 Å². The summed E-state index contributed by atoms with van der Waals surface area (Å²) in [5.74, 6) is 0. The minimum absolute atomic E-state index is 0.497. The minimum atomic E-state index is -0.576. The molecule has 0 aliphatic heterocycles. The molecule has 0 bridgehead atoms. The highest BCUT2D eigenvalue weighted by Crippen LogP contribution is 2.39. The summed E-state index contributed by atoms with van der Waals surface area (Å²) >= 11 is 1.75. The van der Waals surface area contributed by atoms with Crippen molar-refractivity contribution < 1.29 is 9.53 Å². The van der Waals surface area contributed by atoms with Gasteiger partial charge in [0.2, 0.25) is 0 Å². The molecule has 6 nitrogen and oxygen atoms in total. The van der Waals surface area contributed by atoms with Crippen molar-refractivity contribution >= 4 is 38.4 Å². The van der Waals surface area contributed by atoms with Crippen molar-refractivity contribution in [3.63, 3.8) is 0 Å². The predicted octanol–water partition coefficient (Wildman–Crippen LogP) is 6.09. The van der Waals surface area contributed by atoms with Crippen molar-refractivity contribution in [2.45, 2.75) is 26.4 Å². The van der Waals surface area contributed by atoms with Crippen LogP contribution >= 0.6 is 11.3 Å². The van der Waals surface area contributed by atoms with Gasteiger partial charge in [-0.25, -0.2) is 4.79 Å². The number of rotatable bonds is 2. The Morgan fingerprint density at radius 1 is 1.07 bits per heavy atom. The van der Waals surface area contributed by atoms with Crippen molar-refractivity contribution in [2.75, 3.05) is 0 Å². The lowest BCUT2D eigenvalue weighted by molar-refractivity contribution is 0.0514. The van der Waals surface area contributed by atoms with E-state index in [0.29, 0.717) is 0 Å². The Morgan fingerprint density at radius 2 is 1.90 bits per heavy atom. The second kappa shape index (κ2) is 6.81. The average molecular weight is 417 g/mol. The molecular formula is C23H20N4O2S. The van der Waals surface area contributed by atoms with Gasteiger partial charge in [0.1, 0.15) is 5.60 Å². The molecule has 30 heavy (non-hydrogen) atoms. The lowest BCUT2D eigenvalue weighted by Gasteiger charge is -2.18. The van der Waals surface area contributed by atoms with Crippen molar-refractivity contribution in [1.82, 2.24) is 20.0 Å². The lowest BCUT2D eigenvalue weighted by Crippen LogP contribution is -2.27. The number of H-pyrrole nitrogens is 1. The molecule has 1 N–H and O–H groups in total. The molecule has 0 saturated carbocycles. The predicted molar refractivity (Wildman–Crippen MR) is 120 cm³/mol. The summed E-state index contributed by atoms with van der Waals surface area (Å²) in [6, 6.07) is 14.7. The van der Waals surface area contributed by atoms with Crippen molar-refractivity contribution in [3.8, 4) is 21.6 Å². The van der Waals surface area contributed by atoms with Crippen LogP contribution < -0.4 is 0 Å². The molecule has 0 spiro atoms. The third-order valence-electron chi connectivity index (χ3n) is 4.74. The van der Waals surface area contributed by atoms with Crippen LogP contribution in [0, 0.1) is 0 Å². The Kier molecular flexibility index (Phi) is 4.22. The molecule has 0 aliphatic carbocycles. The van der Waals surface area contributed by atoms with E-state index in [9.17, 15) is 4.79 Å². The van der Waals surface area contributed by atoms with E-state index in [1.807, 2.05) is 39.1 Å². The van der Waals surface area contributed by atoms with Crippen LogP contribution in [0.25, 0.3) is 42.6 Å². The topological polar surface area (TPSA) is 72.8 Å². The Bertz CT molecular complexity index is 1350. The maximum Gasteiger partial charge on any atom is 0.435 e. The van der Waals surface area contributed by atoms with Gasteiger partial charge in [-0.2, -0.15) is 14.9 Å². The van der Waals surface area contributed by atoms with Crippen LogP contribution in [0.5, 0.6) is 0 Å². The van der Waals surface area contributed by atoms with E-state index in [4.69, 9.17) is 4.74 Å². The number of aromatic nitrogens is 4. The number of ether oxygens (including phenoxy) is 1. The fourth-order valence-corrected chi connectivity index (χ4v) is 4.50. The van der Waals surface area contributed by atoms with Crippen molar-refractivity contribution in [3.05, 3.63) is 61.1 Å². The smallest absolute Gasteiger partial charge is 0.435 e. The van der Waals surface area contributed by atoms with Gasteiger partial charge in [0, 0.05) is 32.3 Å². The van der Waals surface area contributed by atoms with Crippen molar-refractivity contribution in [2.24, 2.45) is 0 Å². The van der Waals surface area contributed by atoms with Gasteiger partial charge in [-0.3, -0.25) is 5.10 Å². The van der Waals surface area contributed by atoms with E-state index in [-0.39, 0.29) is 0 Å². The van der Waals surface area contributed by atoms with Crippen LogP contribution in [0.4, 0.5) is 4.79 Å². The number of nitrogens with one attached hydrogen (secondary N) is 1. The number of thiophene rings is 1. The number of fused-ring (bicyclic) bond motifs is 2. The summed E-state index contributed by atoms with van der Waals surface area (Å²) in [7, 11) is 0. The number of benzene rings is 2. The van der Waals surface area contributed by atoms with E-state index in [1.54, 1.807) is 23.7 Å². The van der Waals surface area contributed by atoms with Crippen molar-refractivity contribution in [1.29, 1.82) is 0 Å². The third kappa shape index (κ3) is 3.37. The summed E-state index contributed by atoms with van der Waals surface area (Å²) in [5, 5.41) is 13.8. The summed E-state index contributed by atoms with van der Waals surface area (Å²) in [6.07, 6.45) is 4.69. The highest BCUT2D eigenvalue weighted by Gasteiger charge is 2.19. The van der Waals surface area contributed by atoms with Crippen LogP contribution in [0.3, 0.4) is 0 Å². The van der Waals surface area contributed by atoms with Crippen LogP contribution in [0.1, 0.15) is 20.8 Å². The second-order valence-electron chi connectivity index (χ2n) is 8.16. The Labute approximate surface area is 177 Å². The first kappa shape index (κ1) is 18.6. The molecule has 3 aromatic heterocycles. The van der Waals surface area contributed by atoms with E-state index in [1.165, 1.54) is 14.8 Å². The molecule has 0 aliphatic rings. The number of carbonyl (C=O) groups is 1. The lowest BCUT2D eigenvalue weighted by atomic mass is 10.0. The quantitative estimate of drug-likeness (QED) is 0.378. The molecule has 3 heterocycles. The standard InChI is InChI=1S/C23H20N4O2S/c1-23(2,3)29-22(28)27-13-17(12-25-27)15-8-16-11-24-26-21(16)18(9-15)20-10-14-6-4-5-7-19(14)30-20/h4-13H,1-3H3,(H,24,26). The van der Waals surface area contributed by atoms with E-state index < -0.39 is 11.7 Å². The van der Waals surface area contributed by atoms with Gasteiger partial charge < -0.3 is 4.74 Å². The highest BCUT2D eigenvalue weighted by atomic mass is 32.1. The molecule has 5 rings (SSSR count). The first-order valence-corrected chi connectivity index (χ1v) is 10.4. The molecule has 0 unspecified atom stereocenters. The van der Waals surface area contributed by atoms with Gasteiger partial charge in [0.05, 0.1) is 17.9 Å². The SMILES string of the molecule is CC(C)(C)OC(=O)n1cc(-c2cc(-c3cc4ccccc4s3)c3[nH]ncc3c2)cn1. The molecular weight excluding hydrogens is 396 g/mol. The number of nitrogens with zero attached hydrogens (tertiary/aromatic N) is 3. The highest BCUT2D eigenvalue weighted by molar-refractivity contribution is 7.22. The van der Waals surface area contributed by atoms with E-state index in [0.717, 1.165) is 32.5 Å². The number of hydrogen-bond donors (Lipinski definition) is 1. The monoisotopic (exact) mass is 416 g/mol. The minimum Gasteiger partial charge on any atom is -0.442 e. The van der Waals surface area contributed by atoms with E-state index >= 15 is 0 Å². The molecule has 2 aromatic carbocycles. The summed E-state index contributed by atoms with van der Waals surface area (Å²) in [4.78, 5) is 13.5. The Morgan fingerprint density at radius 3 is 2.70 bits per heavy atom. The van der Waals surface area contributed by atoms with Gasteiger partial charge in [-0.1, -0.05) is 18.2 Å². The number of aromatic amines is 1. The summed E-state index contributed by atoms with van der Waals surface area (Å²) in [5.41, 5.74) is 3.29. The largest absolute Gasteiger partial charge is 0.442 e. The molecule has 0 fully saturated rings.